The molecule has 0 spiro atoms. The fourth-order valence-electron chi connectivity index (χ4n) is 2.42. The highest BCUT2D eigenvalue weighted by molar-refractivity contribution is 8.14. The fraction of sp³-hybridized carbons (Fsp3) is 0.250. The number of nitrogens with zero attached hydrogens (tertiary/aromatic N) is 2. The van der Waals surface area contributed by atoms with E-state index < -0.39 is 0 Å². The summed E-state index contributed by atoms with van der Waals surface area (Å²) in [6.07, 6.45) is 0. The molecule has 1 aliphatic rings. The summed E-state index contributed by atoms with van der Waals surface area (Å²) in [5.74, 6) is 0.844. The molecule has 3 rings (SSSR count). The largest absolute Gasteiger partial charge is 0.319 e. The summed E-state index contributed by atoms with van der Waals surface area (Å²) in [6, 6.07) is 11.8. The van der Waals surface area contributed by atoms with E-state index in [-0.39, 0.29) is 5.91 Å². The van der Waals surface area contributed by atoms with Crippen LogP contribution >= 0.6 is 11.8 Å². The van der Waals surface area contributed by atoms with Crippen LogP contribution in [0.5, 0.6) is 0 Å². The number of hydrogen-bond donors (Lipinski definition) is 1. The molecule has 0 atom stereocenters. The van der Waals surface area contributed by atoms with Crippen LogP contribution in [-0.4, -0.2) is 27.9 Å². The third kappa shape index (κ3) is 2.88. The average molecular weight is 299 g/mol. The smallest absolute Gasteiger partial charge is 0.257 e. The molecule has 5 heteroatoms. The quantitative estimate of drug-likeness (QED) is 0.927. The first-order valence-electron chi connectivity index (χ1n) is 6.89. The average Bonchev–Trinajstić information content (AvgIpc) is 3.09. The molecule has 108 valence electrons. The van der Waals surface area contributed by atoms with Gasteiger partial charge in [0.25, 0.3) is 5.91 Å². The van der Waals surface area contributed by atoms with Gasteiger partial charge in [0, 0.05) is 28.4 Å². The van der Waals surface area contributed by atoms with E-state index in [2.05, 4.69) is 40.9 Å². The lowest BCUT2D eigenvalue weighted by atomic mass is 10.2. The van der Waals surface area contributed by atoms with Crippen molar-refractivity contribution in [2.24, 2.45) is 4.99 Å². The molecule has 1 aromatic heterocycles. The van der Waals surface area contributed by atoms with Gasteiger partial charge in [-0.05, 0) is 50.2 Å². The molecular weight excluding hydrogens is 282 g/mol. The number of rotatable bonds is 2. The summed E-state index contributed by atoms with van der Waals surface area (Å²) in [5.41, 5.74) is 4.08. The zero-order valence-electron chi connectivity index (χ0n) is 12.1. The van der Waals surface area contributed by atoms with Gasteiger partial charge in [-0.1, -0.05) is 11.8 Å². The second-order valence-corrected chi connectivity index (χ2v) is 6.07. The number of carbonyl (C=O) groups is 1. The Bertz CT molecular complexity index is 681. The number of thioether (sulfide) groups is 1. The Morgan fingerprint density at radius 2 is 1.81 bits per heavy atom. The number of amidine groups is 1. The van der Waals surface area contributed by atoms with Crippen LogP contribution < -0.4 is 5.32 Å². The van der Waals surface area contributed by atoms with Crippen molar-refractivity contribution in [2.75, 3.05) is 12.3 Å². The number of nitrogens with one attached hydrogen (secondary N) is 1. The number of amides is 1. The molecule has 0 fully saturated rings. The maximum Gasteiger partial charge on any atom is 0.257 e. The molecule has 0 aliphatic carbocycles. The topological polar surface area (TPSA) is 46.4 Å². The molecule has 4 nitrogen and oxygen atoms in total. The van der Waals surface area contributed by atoms with Gasteiger partial charge >= 0.3 is 0 Å². The molecule has 0 radical (unpaired) electrons. The molecule has 1 aliphatic heterocycles. The molecular formula is C16H17N3OS. The molecule has 1 amide bonds. The molecule has 0 unspecified atom stereocenters. The zero-order valence-corrected chi connectivity index (χ0v) is 12.9. The van der Waals surface area contributed by atoms with E-state index in [0.717, 1.165) is 23.2 Å². The Kier molecular flexibility index (Phi) is 3.84. The predicted molar refractivity (Wildman–Crippen MR) is 87.5 cm³/mol. The van der Waals surface area contributed by atoms with Crippen LogP contribution in [0.25, 0.3) is 5.69 Å². The van der Waals surface area contributed by atoms with Crippen molar-refractivity contribution in [1.29, 1.82) is 0 Å². The van der Waals surface area contributed by atoms with Crippen molar-refractivity contribution in [3.8, 4) is 5.69 Å². The van der Waals surface area contributed by atoms with Gasteiger partial charge in [0.15, 0.2) is 5.17 Å². The Labute approximate surface area is 128 Å². The van der Waals surface area contributed by atoms with Gasteiger partial charge in [-0.15, -0.1) is 0 Å². The highest BCUT2D eigenvalue weighted by Crippen LogP contribution is 2.17. The van der Waals surface area contributed by atoms with Crippen molar-refractivity contribution in [1.82, 2.24) is 9.88 Å². The van der Waals surface area contributed by atoms with E-state index in [1.807, 2.05) is 24.3 Å². The highest BCUT2D eigenvalue weighted by Gasteiger charge is 2.13. The van der Waals surface area contributed by atoms with Gasteiger partial charge in [0.2, 0.25) is 0 Å². The number of aliphatic imine (C=N–C) groups is 1. The Morgan fingerprint density at radius 1 is 1.14 bits per heavy atom. The van der Waals surface area contributed by atoms with E-state index >= 15 is 0 Å². The standard InChI is InChI=1S/C16H17N3OS/c1-11-3-4-12(2)19(11)14-7-5-13(6-8-14)15(20)18-16-17-9-10-21-16/h3-8H,9-10H2,1-2H3,(H,17,18,20). The monoisotopic (exact) mass is 299 g/mol. The number of hydrogen-bond acceptors (Lipinski definition) is 3. The summed E-state index contributed by atoms with van der Waals surface area (Å²) in [7, 11) is 0. The Hall–Kier alpha value is -2.01. The maximum absolute atomic E-state index is 12.1. The summed E-state index contributed by atoms with van der Waals surface area (Å²) in [6.45, 7) is 4.93. The van der Waals surface area contributed by atoms with E-state index in [0.29, 0.717) is 5.56 Å². The fourth-order valence-corrected chi connectivity index (χ4v) is 3.14. The van der Waals surface area contributed by atoms with Crippen LogP contribution in [0.2, 0.25) is 0 Å². The van der Waals surface area contributed by atoms with Gasteiger partial charge in [-0.25, -0.2) is 0 Å². The van der Waals surface area contributed by atoms with Gasteiger partial charge in [-0.2, -0.15) is 0 Å². The number of benzene rings is 1. The van der Waals surface area contributed by atoms with Crippen LogP contribution in [0, 0.1) is 13.8 Å². The molecule has 2 heterocycles. The van der Waals surface area contributed by atoms with Gasteiger partial charge in [0.05, 0.1) is 6.54 Å². The molecule has 2 aromatic rings. The SMILES string of the molecule is Cc1ccc(C)n1-c1ccc(C(=O)NC2=NCCS2)cc1. The van der Waals surface area contributed by atoms with E-state index in [9.17, 15) is 4.79 Å². The van der Waals surface area contributed by atoms with E-state index in [1.165, 1.54) is 11.4 Å². The predicted octanol–water partition coefficient (Wildman–Crippen LogP) is 2.93. The van der Waals surface area contributed by atoms with Crippen LogP contribution in [0.1, 0.15) is 21.7 Å². The minimum Gasteiger partial charge on any atom is -0.319 e. The second-order valence-electron chi connectivity index (χ2n) is 4.99. The first-order valence-corrected chi connectivity index (χ1v) is 7.88. The molecule has 1 N–H and O–H groups in total. The Morgan fingerprint density at radius 3 is 2.38 bits per heavy atom. The summed E-state index contributed by atoms with van der Waals surface area (Å²) < 4.78 is 2.17. The van der Waals surface area contributed by atoms with E-state index in [1.54, 1.807) is 11.8 Å². The first kappa shape index (κ1) is 13.9. The first-order chi connectivity index (χ1) is 10.1. The number of aromatic nitrogens is 1. The normalized spacial score (nSPS) is 14.1. The lowest BCUT2D eigenvalue weighted by molar-refractivity contribution is 0.0978. The third-order valence-electron chi connectivity index (χ3n) is 3.46. The number of carbonyl (C=O) groups excluding carboxylic acids is 1. The van der Waals surface area contributed by atoms with Crippen LogP contribution in [-0.2, 0) is 0 Å². The lowest BCUT2D eigenvalue weighted by Crippen LogP contribution is -2.27. The highest BCUT2D eigenvalue weighted by atomic mass is 32.2. The van der Waals surface area contributed by atoms with Crippen LogP contribution in [0.4, 0.5) is 0 Å². The maximum atomic E-state index is 12.1. The van der Waals surface area contributed by atoms with Crippen molar-refractivity contribution in [3.05, 3.63) is 53.3 Å². The summed E-state index contributed by atoms with van der Waals surface area (Å²) in [4.78, 5) is 16.3. The molecule has 21 heavy (non-hydrogen) atoms. The molecule has 0 bridgehead atoms. The summed E-state index contributed by atoms with van der Waals surface area (Å²) in [5, 5.41) is 3.56. The van der Waals surface area contributed by atoms with Gasteiger partial charge in [-0.3, -0.25) is 9.79 Å². The molecule has 0 saturated heterocycles. The molecule has 0 saturated carbocycles. The summed E-state index contributed by atoms with van der Waals surface area (Å²) >= 11 is 1.58. The number of aryl methyl sites for hydroxylation is 2. The second kappa shape index (κ2) is 5.77. The van der Waals surface area contributed by atoms with E-state index in [4.69, 9.17) is 0 Å². The van der Waals surface area contributed by atoms with Gasteiger partial charge < -0.3 is 9.88 Å². The molecule has 1 aromatic carbocycles. The van der Waals surface area contributed by atoms with Crippen molar-refractivity contribution >= 4 is 22.8 Å². The van der Waals surface area contributed by atoms with Gasteiger partial charge in [0.1, 0.15) is 0 Å². The van der Waals surface area contributed by atoms with Crippen molar-refractivity contribution in [2.45, 2.75) is 13.8 Å². The van der Waals surface area contributed by atoms with Crippen LogP contribution in [0.15, 0.2) is 41.4 Å². The lowest BCUT2D eigenvalue weighted by Gasteiger charge is -2.10. The minimum atomic E-state index is -0.101. The van der Waals surface area contributed by atoms with Crippen molar-refractivity contribution < 1.29 is 4.79 Å². The van der Waals surface area contributed by atoms with Crippen molar-refractivity contribution in [3.63, 3.8) is 0 Å². The minimum absolute atomic E-state index is 0.101. The zero-order chi connectivity index (χ0) is 14.8. The van der Waals surface area contributed by atoms with Crippen LogP contribution in [0.3, 0.4) is 0 Å². The Balaban J connectivity index is 1.79. The third-order valence-corrected chi connectivity index (χ3v) is 4.36.